The van der Waals surface area contributed by atoms with Gasteiger partial charge < -0.3 is 10.4 Å². The molecular formula is C13H22N2O2S. The lowest BCUT2D eigenvalue weighted by Crippen LogP contribution is -2.45. The number of hydrogen-bond acceptors (Lipinski definition) is 4. The molecule has 0 radical (unpaired) electrons. The van der Waals surface area contributed by atoms with E-state index in [9.17, 15) is 4.79 Å². The minimum atomic E-state index is -0.346. The fraction of sp³-hybridized carbons (Fsp3) is 0.692. The van der Waals surface area contributed by atoms with Crippen LogP contribution in [0.15, 0.2) is 6.20 Å². The van der Waals surface area contributed by atoms with Crippen LogP contribution in [0.3, 0.4) is 0 Å². The molecule has 4 nitrogen and oxygen atoms in total. The van der Waals surface area contributed by atoms with Gasteiger partial charge in [-0.2, -0.15) is 0 Å². The molecule has 0 aliphatic heterocycles. The fourth-order valence-corrected chi connectivity index (χ4v) is 2.57. The summed E-state index contributed by atoms with van der Waals surface area (Å²) in [5, 5.41) is 13.0. The van der Waals surface area contributed by atoms with Crippen molar-refractivity contribution in [2.75, 3.05) is 6.61 Å². The topological polar surface area (TPSA) is 62.2 Å². The minimum absolute atomic E-state index is 0.0778. The number of thiazole rings is 1. The van der Waals surface area contributed by atoms with Gasteiger partial charge in [0.1, 0.15) is 4.88 Å². The summed E-state index contributed by atoms with van der Waals surface area (Å²) in [4.78, 5) is 17.0. The van der Waals surface area contributed by atoms with Crippen LogP contribution < -0.4 is 5.32 Å². The molecule has 0 aliphatic rings. The summed E-state index contributed by atoms with van der Waals surface area (Å²) in [6.45, 7) is 6.13. The van der Waals surface area contributed by atoms with E-state index >= 15 is 0 Å². The first-order valence-electron chi connectivity index (χ1n) is 6.42. The lowest BCUT2D eigenvalue weighted by molar-refractivity contribution is 0.0890. The summed E-state index contributed by atoms with van der Waals surface area (Å²) in [5.74, 6) is -0.0901. The zero-order valence-electron chi connectivity index (χ0n) is 11.3. The first kappa shape index (κ1) is 15.1. The number of nitrogens with zero attached hydrogens (tertiary/aromatic N) is 1. The van der Waals surface area contributed by atoms with Gasteiger partial charge in [-0.3, -0.25) is 4.79 Å². The number of aliphatic hydroxyl groups excluding tert-OH is 1. The highest BCUT2D eigenvalue weighted by Gasteiger charge is 2.25. The molecule has 102 valence electrons. The molecule has 1 amide bonds. The van der Waals surface area contributed by atoms with Gasteiger partial charge in [0.05, 0.1) is 11.2 Å². The van der Waals surface area contributed by atoms with Crippen molar-refractivity contribution in [3.63, 3.8) is 0 Å². The monoisotopic (exact) mass is 270 g/mol. The van der Waals surface area contributed by atoms with Gasteiger partial charge in [-0.15, -0.1) is 11.3 Å². The third-order valence-electron chi connectivity index (χ3n) is 3.10. The van der Waals surface area contributed by atoms with Crippen molar-refractivity contribution < 1.29 is 9.90 Å². The molecule has 0 saturated carbocycles. The number of carbonyl (C=O) groups excluding carboxylic acids is 1. The average molecular weight is 270 g/mol. The molecule has 0 aromatic carbocycles. The quantitative estimate of drug-likeness (QED) is 0.799. The third-order valence-corrected chi connectivity index (χ3v) is 4.16. The van der Waals surface area contributed by atoms with Crippen LogP contribution in [0.1, 0.15) is 54.7 Å². The summed E-state index contributed by atoms with van der Waals surface area (Å²) in [5.41, 5.74) is -0.346. The van der Waals surface area contributed by atoms with E-state index in [0.717, 1.165) is 24.3 Å². The number of aliphatic hydroxyl groups is 1. The Balaban J connectivity index is 2.68. The van der Waals surface area contributed by atoms with E-state index in [0.29, 0.717) is 11.3 Å². The molecule has 1 aromatic rings. The van der Waals surface area contributed by atoms with E-state index in [1.807, 2.05) is 13.8 Å². The van der Waals surface area contributed by atoms with Gasteiger partial charge in [-0.1, -0.05) is 13.8 Å². The third kappa shape index (κ3) is 4.07. The van der Waals surface area contributed by atoms with Gasteiger partial charge in [-0.25, -0.2) is 4.98 Å². The van der Waals surface area contributed by atoms with Gasteiger partial charge >= 0.3 is 0 Å². The normalized spacial score (nSPS) is 14.2. The molecule has 1 rings (SSSR count). The number of rotatable bonds is 7. The Bertz CT molecular complexity index is 392. The molecule has 18 heavy (non-hydrogen) atoms. The largest absolute Gasteiger partial charge is 0.396 e. The highest BCUT2D eigenvalue weighted by molar-refractivity contribution is 7.13. The summed E-state index contributed by atoms with van der Waals surface area (Å²) in [6.07, 6.45) is 4.95. The lowest BCUT2D eigenvalue weighted by Gasteiger charge is -2.28. The Morgan fingerprint density at radius 1 is 1.56 bits per heavy atom. The van der Waals surface area contributed by atoms with E-state index < -0.39 is 0 Å². The minimum Gasteiger partial charge on any atom is -0.396 e. The standard InChI is InChI=1S/C13H22N2O2S/c1-4-6-11-14-9-10(18-11)12(17)15-13(3,5-2)7-8-16/h9,16H,4-8H2,1-3H3,(H,15,17). The number of carbonyl (C=O) groups is 1. The Labute approximate surface area is 112 Å². The summed E-state index contributed by atoms with van der Waals surface area (Å²) in [6, 6.07) is 0. The second-order valence-corrected chi connectivity index (χ2v) is 5.83. The summed E-state index contributed by atoms with van der Waals surface area (Å²) < 4.78 is 0. The zero-order valence-corrected chi connectivity index (χ0v) is 12.1. The maximum atomic E-state index is 12.1. The Hall–Kier alpha value is -0.940. The molecule has 1 atom stereocenters. The highest BCUT2D eigenvalue weighted by atomic mass is 32.1. The Kier molecular flexibility index (Phi) is 5.75. The van der Waals surface area contributed by atoms with E-state index in [1.165, 1.54) is 11.3 Å². The summed E-state index contributed by atoms with van der Waals surface area (Å²) >= 11 is 1.45. The van der Waals surface area contributed by atoms with Crippen LogP contribution in [-0.2, 0) is 6.42 Å². The molecule has 0 bridgehead atoms. The number of aromatic nitrogens is 1. The predicted molar refractivity (Wildman–Crippen MR) is 74.0 cm³/mol. The first-order chi connectivity index (χ1) is 8.54. The maximum Gasteiger partial charge on any atom is 0.263 e. The molecule has 0 spiro atoms. The molecule has 1 unspecified atom stereocenters. The maximum absolute atomic E-state index is 12.1. The van der Waals surface area contributed by atoms with Crippen LogP contribution in [0.5, 0.6) is 0 Å². The van der Waals surface area contributed by atoms with Crippen LogP contribution in [-0.4, -0.2) is 28.1 Å². The molecule has 0 aliphatic carbocycles. The van der Waals surface area contributed by atoms with Crippen LogP contribution in [0, 0.1) is 0 Å². The van der Waals surface area contributed by atoms with E-state index in [2.05, 4.69) is 17.2 Å². The number of hydrogen-bond donors (Lipinski definition) is 2. The second-order valence-electron chi connectivity index (χ2n) is 4.71. The molecule has 1 heterocycles. The Morgan fingerprint density at radius 3 is 2.83 bits per heavy atom. The van der Waals surface area contributed by atoms with Gasteiger partial charge in [0, 0.05) is 12.1 Å². The molecule has 0 fully saturated rings. The smallest absolute Gasteiger partial charge is 0.263 e. The number of aryl methyl sites for hydroxylation is 1. The van der Waals surface area contributed by atoms with Crippen molar-refractivity contribution in [1.29, 1.82) is 0 Å². The highest BCUT2D eigenvalue weighted by Crippen LogP contribution is 2.18. The molecule has 5 heteroatoms. The molecular weight excluding hydrogens is 248 g/mol. The van der Waals surface area contributed by atoms with Crippen molar-refractivity contribution >= 4 is 17.2 Å². The lowest BCUT2D eigenvalue weighted by atomic mass is 9.95. The van der Waals surface area contributed by atoms with Crippen molar-refractivity contribution in [3.05, 3.63) is 16.1 Å². The fourth-order valence-electron chi connectivity index (χ4n) is 1.65. The number of nitrogens with one attached hydrogen (secondary N) is 1. The van der Waals surface area contributed by atoms with Gasteiger partial charge in [-0.05, 0) is 32.6 Å². The second kappa shape index (κ2) is 6.85. The van der Waals surface area contributed by atoms with Gasteiger partial charge in [0.25, 0.3) is 5.91 Å². The SMILES string of the molecule is CCCc1ncc(C(=O)NC(C)(CC)CCO)s1. The van der Waals surface area contributed by atoms with Crippen molar-refractivity contribution in [2.24, 2.45) is 0 Å². The van der Waals surface area contributed by atoms with Crippen LogP contribution >= 0.6 is 11.3 Å². The summed E-state index contributed by atoms with van der Waals surface area (Å²) in [7, 11) is 0. The molecule has 0 saturated heterocycles. The molecule has 2 N–H and O–H groups in total. The van der Waals surface area contributed by atoms with E-state index in [4.69, 9.17) is 5.11 Å². The molecule has 1 aromatic heterocycles. The van der Waals surface area contributed by atoms with E-state index in [-0.39, 0.29) is 18.1 Å². The van der Waals surface area contributed by atoms with Crippen molar-refractivity contribution in [1.82, 2.24) is 10.3 Å². The average Bonchev–Trinajstić information content (AvgIpc) is 2.78. The Morgan fingerprint density at radius 2 is 2.28 bits per heavy atom. The van der Waals surface area contributed by atoms with E-state index in [1.54, 1.807) is 6.20 Å². The van der Waals surface area contributed by atoms with Crippen LogP contribution in [0.25, 0.3) is 0 Å². The van der Waals surface area contributed by atoms with Gasteiger partial charge in [0.2, 0.25) is 0 Å². The van der Waals surface area contributed by atoms with Crippen LogP contribution in [0.4, 0.5) is 0 Å². The van der Waals surface area contributed by atoms with Crippen LogP contribution in [0.2, 0.25) is 0 Å². The first-order valence-corrected chi connectivity index (χ1v) is 7.24. The van der Waals surface area contributed by atoms with Gasteiger partial charge in [0.15, 0.2) is 0 Å². The van der Waals surface area contributed by atoms with Crippen molar-refractivity contribution in [3.8, 4) is 0 Å². The van der Waals surface area contributed by atoms with Crippen molar-refractivity contribution in [2.45, 2.75) is 52.0 Å². The number of amides is 1. The zero-order chi connectivity index (χ0) is 13.6. The predicted octanol–water partition coefficient (Wildman–Crippen LogP) is 2.38.